The SMILES string of the molecule is COc1ccc(-c2nc3c(c(Nc4ccc(CC(=O)O)cc4)n2)CCC3)cc1. The predicted molar refractivity (Wildman–Crippen MR) is 107 cm³/mol. The molecule has 142 valence electrons. The average molecular weight is 375 g/mol. The first kappa shape index (κ1) is 18.0. The molecular formula is C22H21N3O3. The molecule has 6 nitrogen and oxygen atoms in total. The summed E-state index contributed by atoms with van der Waals surface area (Å²) in [5, 5.41) is 12.3. The van der Waals surface area contributed by atoms with E-state index in [1.807, 2.05) is 48.5 Å². The van der Waals surface area contributed by atoms with Gasteiger partial charge < -0.3 is 15.2 Å². The van der Waals surface area contributed by atoms with Gasteiger partial charge in [-0.3, -0.25) is 4.79 Å². The van der Waals surface area contributed by atoms with Crippen LogP contribution in [0, 0.1) is 0 Å². The van der Waals surface area contributed by atoms with E-state index in [0.717, 1.165) is 58.9 Å². The fourth-order valence-electron chi connectivity index (χ4n) is 3.42. The van der Waals surface area contributed by atoms with Gasteiger partial charge >= 0.3 is 5.97 Å². The Morgan fingerprint density at radius 1 is 1.07 bits per heavy atom. The van der Waals surface area contributed by atoms with Crippen LogP contribution in [0.2, 0.25) is 0 Å². The van der Waals surface area contributed by atoms with Crippen LogP contribution in [-0.4, -0.2) is 28.2 Å². The molecule has 0 aliphatic heterocycles. The molecule has 2 aromatic carbocycles. The van der Waals surface area contributed by atoms with Crippen LogP contribution in [0.5, 0.6) is 5.75 Å². The van der Waals surface area contributed by atoms with Gasteiger partial charge in [-0.05, 0) is 61.2 Å². The number of nitrogens with zero attached hydrogens (tertiary/aromatic N) is 2. The van der Waals surface area contributed by atoms with Crippen LogP contribution in [0.3, 0.4) is 0 Å². The summed E-state index contributed by atoms with van der Waals surface area (Å²) >= 11 is 0. The lowest BCUT2D eigenvalue weighted by atomic mass is 10.1. The summed E-state index contributed by atoms with van der Waals surface area (Å²) in [5.41, 5.74) is 4.83. The summed E-state index contributed by atoms with van der Waals surface area (Å²) in [7, 11) is 1.64. The van der Waals surface area contributed by atoms with Crippen LogP contribution in [0.15, 0.2) is 48.5 Å². The molecule has 0 spiro atoms. The van der Waals surface area contributed by atoms with Crippen molar-refractivity contribution in [2.45, 2.75) is 25.7 Å². The minimum absolute atomic E-state index is 0.0187. The molecule has 1 aromatic heterocycles. The highest BCUT2D eigenvalue weighted by molar-refractivity contribution is 5.71. The van der Waals surface area contributed by atoms with Crippen molar-refractivity contribution in [2.75, 3.05) is 12.4 Å². The molecule has 0 unspecified atom stereocenters. The average Bonchev–Trinajstić information content (AvgIpc) is 3.18. The third-order valence-corrected chi connectivity index (χ3v) is 4.85. The third-order valence-electron chi connectivity index (χ3n) is 4.85. The Hall–Kier alpha value is -3.41. The van der Waals surface area contributed by atoms with Crippen molar-refractivity contribution >= 4 is 17.5 Å². The number of methoxy groups -OCH3 is 1. The van der Waals surface area contributed by atoms with Gasteiger partial charge in [-0.1, -0.05) is 12.1 Å². The Labute approximate surface area is 163 Å². The summed E-state index contributed by atoms with van der Waals surface area (Å²) in [6, 6.07) is 15.1. The zero-order chi connectivity index (χ0) is 19.5. The quantitative estimate of drug-likeness (QED) is 0.677. The molecule has 1 aliphatic rings. The first-order valence-corrected chi connectivity index (χ1v) is 9.24. The number of ether oxygens (including phenoxy) is 1. The first-order valence-electron chi connectivity index (χ1n) is 9.24. The number of fused-ring (bicyclic) bond motifs is 1. The number of benzene rings is 2. The molecule has 0 bridgehead atoms. The van der Waals surface area contributed by atoms with E-state index in [4.69, 9.17) is 19.8 Å². The lowest BCUT2D eigenvalue weighted by molar-refractivity contribution is -0.136. The second kappa shape index (κ2) is 7.68. The van der Waals surface area contributed by atoms with Gasteiger partial charge in [0.2, 0.25) is 0 Å². The van der Waals surface area contributed by atoms with Crippen molar-refractivity contribution in [1.82, 2.24) is 9.97 Å². The second-order valence-corrected chi connectivity index (χ2v) is 6.80. The van der Waals surface area contributed by atoms with Gasteiger partial charge in [0.25, 0.3) is 0 Å². The molecule has 3 aromatic rings. The first-order chi connectivity index (χ1) is 13.6. The zero-order valence-corrected chi connectivity index (χ0v) is 15.6. The number of rotatable bonds is 6. The molecule has 0 fully saturated rings. The van der Waals surface area contributed by atoms with Crippen LogP contribution in [-0.2, 0) is 24.1 Å². The van der Waals surface area contributed by atoms with E-state index in [1.165, 1.54) is 0 Å². The fourth-order valence-corrected chi connectivity index (χ4v) is 3.42. The van der Waals surface area contributed by atoms with E-state index >= 15 is 0 Å². The van der Waals surface area contributed by atoms with Crippen LogP contribution in [0.1, 0.15) is 23.2 Å². The standard InChI is InChI=1S/C22H21N3O3/c1-28-17-11-7-15(8-12-17)21-24-19-4-2-3-18(19)22(25-21)23-16-9-5-14(6-10-16)13-20(26)27/h5-12H,2-4,13H2,1H3,(H,26,27)(H,23,24,25). The summed E-state index contributed by atoms with van der Waals surface area (Å²) in [4.78, 5) is 20.4. The van der Waals surface area contributed by atoms with Crippen molar-refractivity contribution in [2.24, 2.45) is 0 Å². The molecule has 0 saturated carbocycles. The maximum atomic E-state index is 10.8. The largest absolute Gasteiger partial charge is 0.497 e. The van der Waals surface area contributed by atoms with Crippen molar-refractivity contribution in [1.29, 1.82) is 0 Å². The molecule has 0 atom stereocenters. The third kappa shape index (κ3) is 3.81. The summed E-state index contributed by atoms with van der Waals surface area (Å²) in [6.07, 6.45) is 3.00. The number of carboxylic acid groups (broad SMARTS) is 1. The second-order valence-electron chi connectivity index (χ2n) is 6.80. The number of nitrogens with one attached hydrogen (secondary N) is 1. The Morgan fingerprint density at radius 2 is 1.82 bits per heavy atom. The minimum Gasteiger partial charge on any atom is -0.497 e. The highest BCUT2D eigenvalue weighted by atomic mass is 16.5. The Bertz CT molecular complexity index is 999. The summed E-state index contributed by atoms with van der Waals surface area (Å²) in [6.45, 7) is 0. The molecule has 1 heterocycles. The summed E-state index contributed by atoms with van der Waals surface area (Å²) in [5.74, 6) is 1.47. The van der Waals surface area contributed by atoms with E-state index in [0.29, 0.717) is 5.82 Å². The van der Waals surface area contributed by atoms with Gasteiger partial charge in [0.1, 0.15) is 11.6 Å². The summed E-state index contributed by atoms with van der Waals surface area (Å²) < 4.78 is 5.23. The molecule has 0 amide bonds. The van der Waals surface area contributed by atoms with Crippen LogP contribution >= 0.6 is 0 Å². The zero-order valence-electron chi connectivity index (χ0n) is 15.6. The van der Waals surface area contributed by atoms with Crippen LogP contribution < -0.4 is 10.1 Å². The van der Waals surface area contributed by atoms with Crippen LogP contribution in [0.25, 0.3) is 11.4 Å². The number of aryl methyl sites for hydroxylation is 1. The molecule has 6 heteroatoms. The number of carbonyl (C=O) groups is 1. The highest BCUT2D eigenvalue weighted by Crippen LogP contribution is 2.31. The molecular weight excluding hydrogens is 354 g/mol. The Kier molecular flexibility index (Phi) is 4.93. The van der Waals surface area contributed by atoms with Gasteiger partial charge in [-0.2, -0.15) is 0 Å². The Morgan fingerprint density at radius 3 is 2.50 bits per heavy atom. The molecule has 28 heavy (non-hydrogen) atoms. The Balaban J connectivity index is 1.64. The van der Waals surface area contributed by atoms with E-state index in [1.54, 1.807) is 7.11 Å². The monoisotopic (exact) mass is 375 g/mol. The topological polar surface area (TPSA) is 84.3 Å². The van der Waals surface area contributed by atoms with Gasteiger partial charge in [0.15, 0.2) is 5.82 Å². The van der Waals surface area contributed by atoms with Crippen molar-refractivity contribution in [3.8, 4) is 17.1 Å². The molecule has 1 aliphatic carbocycles. The number of aliphatic carboxylic acids is 1. The van der Waals surface area contributed by atoms with Gasteiger partial charge in [-0.15, -0.1) is 0 Å². The minimum atomic E-state index is -0.835. The maximum Gasteiger partial charge on any atom is 0.307 e. The molecule has 4 rings (SSSR count). The number of hydrogen-bond acceptors (Lipinski definition) is 5. The number of anilines is 2. The number of aromatic nitrogens is 2. The maximum absolute atomic E-state index is 10.8. The van der Waals surface area contributed by atoms with Crippen LogP contribution in [0.4, 0.5) is 11.5 Å². The van der Waals surface area contributed by atoms with Crippen molar-refractivity contribution in [3.05, 3.63) is 65.4 Å². The molecule has 2 N–H and O–H groups in total. The van der Waals surface area contributed by atoms with Gasteiger partial charge in [-0.25, -0.2) is 9.97 Å². The van der Waals surface area contributed by atoms with Crippen molar-refractivity contribution < 1.29 is 14.6 Å². The van der Waals surface area contributed by atoms with Crippen molar-refractivity contribution in [3.63, 3.8) is 0 Å². The van der Waals surface area contributed by atoms with E-state index in [2.05, 4.69) is 5.32 Å². The predicted octanol–water partition coefficient (Wildman–Crippen LogP) is 4.01. The van der Waals surface area contributed by atoms with E-state index in [9.17, 15) is 4.79 Å². The lowest BCUT2D eigenvalue weighted by Gasteiger charge is -2.13. The van der Waals surface area contributed by atoms with Gasteiger partial charge in [0.05, 0.1) is 13.5 Å². The highest BCUT2D eigenvalue weighted by Gasteiger charge is 2.20. The van der Waals surface area contributed by atoms with Gasteiger partial charge in [0, 0.05) is 22.5 Å². The van der Waals surface area contributed by atoms with E-state index < -0.39 is 5.97 Å². The molecule has 0 radical (unpaired) electrons. The fraction of sp³-hybridized carbons (Fsp3) is 0.227. The van der Waals surface area contributed by atoms with E-state index in [-0.39, 0.29) is 6.42 Å². The normalized spacial score (nSPS) is 12.5. The lowest BCUT2D eigenvalue weighted by Crippen LogP contribution is -2.04. The number of carboxylic acids is 1. The smallest absolute Gasteiger partial charge is 0.307 e. The molecule has 0 saturated heterocycles. The number of hydrogen-bond donors (Lipinski definition) is 2.